The summed E-state index contributed by atoms with van der Waals surface area (Å²) < 4.78 is 7.46. The predicted octanol–water partition coefficient (Wildman–Crippen LogP) is 3.06. The summed E-state index contributed by atoms with van der Waals surface area (Å²) in [7, 11) is 1.70. The van der Waals surface area contributed by atoms with Crippen molar-refractivity contribution in [2.45, 2.75) is 32.9 Å². The minimum Gasteiger partial charge on any atom is -0.496 e. The highest BCUT2D eigenvalue weighted by molar-refractivity contribution is 7.10. The molecule has 2 rings (SSSR count). The zero-order valence-corrected chi connectivity index (χ0v) is 12.5. The molecule has 0 saturated carbocycles. The average molecular weight is 279 g/mol. The lowest BCUT2D eigenvalue weighted by Gasteiger charge is -2.17. The first kappa shape index (κ1) is 14.1. The van der Waals surface area contributed by atoms with Gasteiger partial charge in [0.05, 0.1) is 7.11 Å². The molecule has 0 spiro atoms. The maximum absolute atomic E-state index is 5.28. The summed E-state index contributed by atoms with van der Waals surface area (Å²) in [6.07, 6.45) is 5.00. The fourth-order valence-corrected chi connectivity index (χ4v) is 2.97. The van der Waals surface area contributed by atoms with Gasteiger partial charge in [0.25, 0.3) is 0 Å². The van der Waals surface area contributed by atoms with Crippen LogP contribution in [0.3, 0.4) is 0 Å². The normalized spacial score (nSPS) is 12.6. The number of thiophene rings is 1. The highest BCUT2D eigenvalue weighted by Gasteiger charge is 2.20. The van der Waals surface area contributed by atoms with Gasteiger partial charge in [0.2, 0.25) is 0 Å². The Hall–Kier alpha value is -1.33. The Morgan fingerprint density at radius 2 is 2.32 bits per heavy atom. The monoisotopic (exact) mass is 279 g/mol. The molecule has 0 bridgehead atoms. The molecular formula is C14H21N3OS. The van der Waals surface area contributed by atoms with Gasteiger partial charge in [0, 0.05) is 29.2 Å². The Labute approximate surface area is 118 Å². The van der Waals surface area contributed by atoms with Crippen molar-refractivity contribution in [2.24, 2.45) is 0 Å². The van der Waals surface area contributed by atoms with Gasteiger partial charge in [-0.25, -0.2) is 4.98 Å². The third kappa shape index (κ3) is 3.16. The predicted molar refractivity (Wildman–Crippen MR) is 78.9 cm³/mol. The van der Waals surface area contributed by atoms with Gasteiger partial charge in [-0.1, -0.05) is 6.92 Å². The molecule has 4 nitrogen and oxygen atoms in total. The van der Waals surface area contributed by atoms with Gasteiger partial charge in [-0.15, -0.1) is 11.3 Å². The molecule has 0 aliphatic rings. The van der Waals surface area contributed by atoms with Crippen LogP contribution in [0.5, 0.6) is 5.75 Å². The first-order valence-electron chi connectivity index (χ1n) is 6.67. The fraction of sp³-hybridized carbons (Fsp3) is 0.500. The molecule has 2 aromatic rings. The quantitative estimate of drug-likeness (QED) is 0.846. The van der Waals surface area contributed by atoms with Gasteiger partial charge in [-0.3, -0.25) is 0 Å². The third-order valence-corrected chi connectivity index (χ3v) is 4.04. The highest BCUT2D eigenvalue weighted by Crippen LogP contribution is 2.30. The van der Waals surface area contributed by atoms with Crippen LogP contribution in [0.1, 0.15) is 37.0 Å². The Morgan fingerprint density at radius 3 is 2.95 bits per heavy atom. The van der Waals surface area contributed by atoms with E-state index >= 15 is 0 Å². The van der Waals surface area contributed by atoms with Crippen molar-refractivity contribution in [3.63, 3.8) is 0 Å². The van der Waals surface area contributed by atoms with Crippen LogP contribution in [0.2, 0.25) is 0 Å². The van der Waals surface area contributed by atoms with Crippen molar-refractivity contribution in [1.82, 2.24) is 14.9 Å². The molecule has 0 aliphatic carbocycles. The van der Waals surface area contributed by atoms with E-state index in [9.17, 15) is 0 Å². The van der Waals surface area contributed by atoms with Crippen LogP contribution in [-0.4, -0.2) is 23.2 Å². The summed E-state index contributed by atoms with van der Waals surface area (Å²) in [5, 5.41) is 5.61. The van der Waals surface area contributed by atoms with E-state index in [4.69, 9.17) is 4.74 Å². The van der Waals surface area contributed by atoms with Crippen LogP contribution >= 0.6 is 11.3 Å². The molecule has 0 radical (unpaired) electrons. The Kier molecular flexibility index (Phi) is 4.99. The second-order valence-electron chi connectivity index (χ2n) is 4.35. The molecule has 0 aliphatic heterocycles. The number of nitrogens with zero attached hydrogens (tertiary/aromatic N) is 2. The van der Waals surface area contributed by atoms with Gasteiger partial charge >= 0.3 is 0 Å². The number of imidazole rings is 1. The number of methoxy groups -OCH3 is 1. The number of aryl methyl sites for hydroxylation is 1. The van der Waals surface area contributed by atoms with Crippen LogP contribution < -0.4 is 10.1 Å². The molecule has 0 saturated heterocycles. The molecule has 2 heterocycles. The van der Waals surface area contributed by atoms with E-state index < -0.39 is 0 Å². The van der Waals surface area contributed by atoms with E-state index in [-0.39, 0.29) is 6.04 Å². The van der Waals surface area contributed by atoms with E-state index in [2.05, 4.69) is 34.8 Å². The molecule has 19 heavy (non-hydrogen) atoms. The summed E-state index contributed by atoms with van der Waals surface area (Å²) in [4.78, 5) is 5.76. The number of ether oxygens (including phenoxy) is 1. The molecule has 1 atom stereocenters. The van der Waals surface area contributed by atoms with E-state index in [1.54, 1.807) is 18.4 Å². The first-order valence-corrected chi connectivity index (χ1v) is 7.54. The van der Waals surface area contributed by atoms with Gasteiger partial charge in [0.15, 0.2) is 0 Å². The minimum atomic E-state index is 0.142. The van der Waals surface area contributed by atoms with E-state index in [1.807, 2.05) is 17.8 Å². The van der Waals surface area contributed by atoms with Crippen molar-refractivity contribution in [3.8, 4) is 5.75 Å². The van der Waals surface area contributed by atoms with Crippen LogP contribution in [0.15, 0.2) is 23.8 Å². The molecule has 2 aromatic heterocycles. The maximum Gasteiger partial charge on any atom is 0.131 e. The van der Waals surface area contributed by atoms with Crippen LogP contribution in [0.25, 0.3) is 0 Å². The van der Waals surface area contributed by atoms with Crippen molar-refractivity contribution >= 4 is 11.3 Å². The maximum atomic E-state index is 5.28. The third-order valence-electron chi connectivity index (χ3n) is 3.06. The summed E-state index contributed by atoms with van der Waals surface area (Å²) in [5.41, 5.74) is 0. The summed E-state index contributed by atoms with van der Waals surface area (Å²) in [6, 6.07) is 2.23. The molecule has 0 amide bonds. The number of hydrogen-bond acceptors (Lipinski definition) is 4. The lowest BCUT2D eigenvalue weighted by Crippen LogP contribution is -2.25. The lowest BCUT2D eigenvalue weighted by molar-refractivity contribution is 0.416. The summed E-state index contributed by atoms with van der Waals surface area (Å²) in [5.74, 6) is 1.98. The molecule has 0 aromatic carbocycles. The zero-order chi connectivity index (χ0) is 13.7. The Morgan fingerprint density at radius 1 is 1.47 bits per heavy atom. The van der Waals surface area contributed by atoms with E-state index in [0.29, 0.717) is 0 Å². The van der Waals surface area contributed by atoms with Crippen molar-refractivity contribution in [2.75, 3.05) is 13.7 Å². The lowest BCUT2D eigenvalue weighted by atomic mass is 10.2. The van der Waals surface area contributed by atoms with E-state index in [0.717, 1.165) is 31.1 Å². The van der Waals surface area contributed by atoms with Crippen molar-refractivity contribution in [1.29, 1.82) is 0 Å². The molecule has 1 unspecified atom stereocenters. The number of nitrogens with one attached hydrogen (secondary N) is 1. The topological polar surface area (TPSA) is 39.1 Å². The summed E-state index contributed by atoms with van der Waals surface area (Å²) in [6.45, 7) is 6.21. The summed E-state index contributed by atoms with van der Waals surface area (Å²) >= 11 is 1.71. The molecular weight excluding hydrogens is 258 g/mol. The van der Waals surface area contributed by atoms with Gasteiger partial charge in [0.1, 0.15) is 17.6 Å². The average Bonchev–Trinajstić information content (AvgIpc) is 3.08. The number of aromatic nitrogens is 2. The number of rotatable bonds is 7. The molecule has 5 heteroatoms. The molecule has 1 N–H and O–H groups in total. The second kappa shape index (κ2) is 6.73. The van der Waals surface area contributed by atoms with Gasteiger partial charge in [-0.2, -0.15) is 0 Å². The fourth-order valence-electron chi connectivity index (χ4n) is 2.05. The zero-order valence-electron chi connectivity index (χ0n) is 11.7. The largest absolute Gasteiger partial charge is 0.496 e. The van der Waals surface area contributed by atoms with Crippen LogP contribution in [0, 0.1) is 0 Å². The standard InChI is InChI=1S/C14H21N3OS/c1-4-6-15-13(12-9-11(18-3)10-19-12)14-16-7-8-17(14)5-2/h7-10,13,15H,4-6H2,1-3H3. The molecule has 0 fully saturated rings. The minimum absolute atomic E-state index is 0.142. The molecule has 104 valence electrons. The van der Waals surface area contributed by atoms with Crippen molar-refractivity contribution in [3.05, 3.63) is 34.5 Å². The smallest absolute Gasteiger partial charge is 0.131 e. The van der Waals surface area contributed by atoms with Crippen LogP contribution in [-0.2, 0) is 6.54 Å². The van der Waals surface area contributed by atoms with E-state index in [1.165, 1.54) is 4.88 Å². The Bertz CT molecular complexity index is 506. The Balaban J connectivity index is 2.29. The van der Waals surface area contributed by atoms with Gasteiger partial charge < -0.3 is 14.6 Å². The van der Waals surface area contributed by atoms with Crippen LogP contribution in [0.4, 0.5) is 0 Å². The number of hydrogen-bond donors (Lipinski definition) is 1. The highest BCUT2D eigenvalue weighted by atomic mass is 32.1. The first-order chi connectivity index (χ1) is 9.30. The SMILES string of the molecule is CCCNC(c1cc(OC)cs1)c1nccn1CC. The van der Waals surface area contributed by atoms with Gasteiger partial charge in [-0.05, 0) is 26.0 Å². The van der Waals surface area contributed by atoms with Crippen molar-refractivity contribution < 1.29 is 4.74 Å². The second-order valence-corrected chi connectivity index (χ2v) is 5.29.